The van der Waals surface area contributed by atoms with Gasteiger partial charge >= 0.3 is 0 Å². The third kappa shape index (κ3) is 2.95. The smallest absolute Gasteiger partial charge is 0.289 e. The summed E-state index contributed by atoms with van der Waals surface area (Å²) in [7, 11) is 0. The van der Waals surface area contributed by atoms with Crippen LogP contribution in [-0.2, 0) is 0 Å². The van der Waals surface area contributed by atoms with E-state index in [2.05, 4.69) is 5.10 Å². The number of para-hydroxylation sites is 1. The molecule has 1 aromatic carbocycles. The van der Waals surface area contributed by atoms with Crippen LogP contribution in [0.3, 0.4) is 0 Å². The molecular formula is C19H19N3O3. The first-order valence-corrected chi connectivity index (χ1v) is 8.45. The molecule has 6 heteroatoms. The summed E-state index contributed by atoms with van der Waals surface area (Å²) in [6.45, 7) is 3.22. The number of amides is 1. The van der Waals surface area contributed by atoms with E-state index in [-0.39, 0.29) is 23.1 Å². The highest BCUT2D eigenvalue weighted by molar-refractivity contribution is 5.93. The van der Waals surface area contributed by atoms with Crippen molar-refractivity contribution in [1.82, 2.24) is 14.7 Å². The number of hydrogen-bond acceptors (Lipinski definition) is 4. The Morgan fingerprint density at radius 2 is 2.16 bits per heavy atom. The molecule has 3 heterocycles. The number of benzene rings is 1. The molecule has 0 unspecified atom stereocenters. The Bertz CT molecular complexity index is 989. The summed E-state index contributed by atoms with van der Waals surface area (Å²) < 4.78 is 7.61. The molecule has 1 atom stereocenters. The lowest BCUT2D eigenvalue weighted by Crippen LogP contribution is -2.41. The summed E-state index contributed by atoms with van der Waals surface area (Å²) in [6, 6.07) is 8.43. The Labute approximate surface area is 144 Å². The Balaban J connectivity index is 1.61. The van der Waals surface area contributed by atoms with Gasteiger partial charge in [-0.2, -0.15) is 5.10 Å². The Morgan fingerprint density at radius 1 is 1.32 bits per heavy atom. The fourth-order valence-corrected chi connectivity index (χ4v) is 3.35. The predicted molar refractivity (Wildman–Crippen MR) is 93.6 cm³/mol. The van der Waals surface area contributed by atoms with Crippen LogP contribution in [0.1, 0.15) is 35.0 Å². The second-order valence-electron chi connectivity index (χ2n) is 6.52. The molecule has 0 aliphatic carbocycles. The molecule has 3 aromatic rings. The van der Waals surface area contributed by atoms with Crippen LogP contribution in [0.2, 0.25) is 0 Å². The van der Waals surface area contributed by atoms with Crippen LogP contribution in [0, 0.1) is 6.92 Å². The Morgan fingerprint density at radius 3 is 2.96 bits per heavy atom. The van der Waals surface area contributed by atoms with Gasteiger partial charge in [-0.3, -0.25) is 14.3 Å². The van der Waals surface area contributed by atoms with E-state index in [4.69, 9.17) is 4.42 Å². The summed E-state index contributed by atoms with van der Waals surface area (Å²) in [4.78, 5) is 26.8. The van der Waals surface area contributed by atoms with Crippen molar-refractivity contribution in [3.8, 4) is 0 Å². The minimum absolute atomic E-state index is 0.0981. The van der Waals surface area contributed by atoms with Crippen molar-refractivity contribution in [3.63, 3.8) is 0 Å². The number of nitrogens with zero attached hydrogens (tertiary/aromatic N) is 3. The summed E-state index contributed by atoms with van der Waals surface area (Å²) >= 11 is 0. The summed E-state index contributed by atoms with van der Waals surface area (Å²) in [6.07, 6.45) is 5.69. The number of fused-ring (bicyclic) bond motifs is 1. The minimum Gasteiger partial charge on any atom is -0.451 e. The van der Waals surface area contributed by atoms with Crippen molar-refractivity contribution >= 4 is 16.9 Å². The highest BCUT2D eigenvalue weighted by atomic mass is 16.3. The van der Waals surface area contributed by atoms with Crippen molar-refractivity contribution in [3.05, 3.63) is 64.3 Å². The number of likely N-dealkylation sites (tertiary alicyclic amines) is 1. The van der Waals surface area contributed by atoms with E-state index >= 15 is 0 Å². The van der Waals surface area contributed by atoms with Crippen LogP contribution in [0.15, 0.2) is 51.9 Å². The molecular weight excluding hydrogens is 318 g/mol. The molecule has 0 saturated carbocycles. The zero-order valence-electron chi connectivity index (χ0n) is 14.0. The van der Waals surface area contributed by atoms with E-state index in [0.717, 1.165) is 18.4 Å². The van der Waals surface area contributed by atoms with Gasteiger partial charge in [0.15, 0.2) is 11.2 Å². The number of aromatic nitrogens is 2. The lowest BCUT2D eigenvalue weighted by Gasteiger charge is -2.32. The molecule has 0 bridgehead atoms. The third-order valence-electron chi connectivity index (χ3n) is 4.63. The highest BCUT2D eigenvalue weighted by Crippen LogP contribution is 2.23. The lowest BCUT2D eigenvalue weighted by atomic mass is 10.1. The molecule has 1 saturated heterocycles. The molecule has 0 N–H and O–H groups in total. The standard InChI is InChI=1S/C19H19N3O3/c1-13-10-20-22(11-13)14-5-4-8-21(12-14)19(24)18-9-16(23)15-6-2-3-7-17(15)25-18/h2-3,6-7,9-11,14H,4-5,8,12H2,1H3/t14-/m1/s1. The maximum Gasteiger partial charge on any atom is 0.289 e. The normalized spacial score (nSPS) is 17.8. The SMILES string of the molecule is Cc1cnn([C@@H]2CCCN(C(=O)c3cc(=O)c4ccccc4o3)C2)c1. The molecule has 4 rings (SSSR count). The third-order valence-corrected chi connectivity index (χ3v) is 4.63. The number of aryl methyl sites for hydroxylation is 1. The quantitative estimate of drug-likeness (QED) is 0.721. The summed E-state index contributed by atoms with van der Waals surface area (Å²) in [5.41, 5.74) is 1.35. The molecule has 128 valence electrons. The molecule has 1 aliphatic rings. The summed E-state index contributed by atoms with van der Waals surface area (Å²) in [5, 5.41) is 4.85. The molecule has 1 fully saturated rings. The Hall–Kier alpha value is -2.89. The van der Waals surface area contributed by atoms with Crippen molar-refractivity contribution in [2.45, 2.75) is 25.8 Å². The van der Waals surface area contributed by atoms with E-state index in [1.54, 1.807) is 29.2 Å². The second-order valence-corrected chi connectivity index (χ2v) is 6.52. The minimum atomic E-state index is -0.239. The maximum absolute atomic E-state index is 12.8. The maximum atomic E-state index is 12.8. The number of carbonyl (C=O) groups is 1. The number of piperidine rings is 1. The zero-order valence-corrected chi connectivity index (χ0v) is 14.0. The van der Waals surface area contributed by atoms with Gasteiger partial charge < -0.3 is 9.32 Å². The molecule has 6 nitrogen and oxygen atoms in total. The fraction of sp³-hybridized carbons (Fsp3) is 0.316. The topological polar surface area (TPSA) is 68.3 Å². The van der Waals surface area contributed by atoms with Gasteiger partial charge in [0.25, 0.3) is 5.91 Å². The van der Waals surface area contributed by atoms with Crippen molar-refractivity contribution < 1.29 is 9.21 Å². The molecule has 25 heavy (non-hydrogen) atoms. The van der Waals surface area contributed by atoms with Gasteiger partial charge in [-0.05, 0) is 37.5 Å². The largest absolute Gasteiger partial charge is 0.451 e. The Kier molecular flexibility index (Phi) is 3.87. The van der Waals surface area contributed by atoms with Crippen molar-refractivity contribution in [2.24, 2.45) is 0 Å². The second kappa shape index (κ2) is 6.20. The van der Waals surface area contributed by atoms with Gasteiger partial charge in [0.05, 0.1) is 17.6 Å². The van der Waals surface area contributed by atoms with Crippen LogP contribution in [0.5, 0.6) is 0 Å². The van der Waals surface area contributed by atoms with Gasteiger partial charge in [-0.25, -0.2) is 0 Å². The average molecular weight is 337 g/mol. The first kappa shape index (κ1) is 15.6. The molecule has 1 amide bonds. The van der Waals surface area contributed by atoms with Gasteiger partial charge in [0, 0.05) is 25.4 Å². The van der Waals surface area contributed by atoms with Crippen LogP contribution in [-0.4, -0.2) is 33.7 Å². The number of hydrogen-bond donors (Lipinski definition) is 0. The number of rotatable bonds is 2. The highest BCUT2D eigenvalue weighted by Gasteiger charge is 2.27. The van der Waals surface area contributed by atoms with E-state index in [0.29, 0.717) is 24.1 Å². The average Bonchev–Trinajstić information content (AvgIpc) is 3.08. The lowest BCUT2D eigenvalue weighted by molar-refractivity contribution is 0.0641. The van der Waals surface area contributed by atoms with E-state index in [9.17, 15) is 9.59 Å². The van der Waals surface area contributed by atoms with Crippen LogP contribution in [0.4, 0.5) is 0 Å². The van der Waals surface area contributed by atoms with Gasteiger partial charge in [-0.1, -0.05) is 12.1 Å². The van der Waals surface area contributed by atoms with Crippen LogP contribution < -0.4 is 5.43 Å². The fourth-order valence-electron chi connectivity index (χ4n) is 3.35. The molecule has 0 radical (unpaired) electrons. The van der Waals surface area contributed by atoms with E-state index < -0.39 is 0 Å². The van der Waals surface area contributed by atoms with E-state index in [1.807, 2.05) is 24.0 Å². The zero-order chi connectivity index (χ0) is 17.4. The monoisotopic (exact) mass is 337 g/mol. The number of carbonyl (C=O) groups excluding carboxylic acids is 1. The van der Waals surface area contributed by atoms with Crippen molar-refractivity contribution in [2.75, 3.05) is 13.1 Å². The first-order valence-electron chi connectivity index (χ1n) is 8.45. The first-order chi connectivity index (χ1) is 12.1. The summed E-state index contributed by atoms with van der Waals surface area (Å²) in [5.74, 6) is -0.141. The van der Waals surface area contributed by atoms with Gasteiger partial charge in [0.1, 0.15) is 5.58 Å². The molecule has 1 aliphatic heterocycles. The molecule has 2 aromatic heterocycles. The predicted octanol–water partition coefficient (Wildman–Crippen LogP) is 2.78. The molecule has 0 spiro atoms. The van der Waals surface area contributed by atoms with Crippen LogP contribution >= 0.6 is 0 Å². The van der Waals surface area contributed by atoms with E-state index in [1.165, 1.54) is 6.07 Å². The van der Waals surface area contributed by atoms with Gasteiger partial charge in [0.2, 0.25) is 0 Å². The van der Waals surface area contributed by atoms with Crippen molar-refractivity contribution in [1.29, 1.82) is 0 Å². The van der Waals surface area contributed by atoms with Crippen LogP contribution in [0.25, 0.3) is 11.0 Å². The van der Waals surface area contributed by atoms with Gasteiger partial charge in [-0.15, -0.1) is 0 Å².